The van der Waals surface area contributed by atoms with E-state index in [4.69, 9.17) is 30.0 Å². The van der Waals surface area contributed by atoms with Crippen LogP contribution in [0.1, 0.15) is 19.4 Å². The Hall–Kier alpha value is -1.76. The lowest BCUT2D eigenvalue weighted by molar-refractivity contribution is -0.135. The molecule has 0 heterocycles. The van der Waals surface area contributed by atoms with Crippen LogP contribution in [0.3, 0.4) is 0 Å². The molecule has 0 bridgehead atoms. The van der Waals surface area contributed by atoms with Gasteiger partial charge >= 0.3 is 0 Å². The molecule has 18 heavy (non-hydrogen) atoms. The number of phenols is 2. The number of aliphatic carboxylic acids is 2. The summed E-state index contributed by atoms with van der Waals surface area (Å²) in [7, 11) is 0. The molecule has 6 nitrogen and oxygen atoms in total. The number of carbonyl (C=O) groups is 2. The van der Waals surface area contributed by atoms with Gasteiger partial charge in [-0.25, -0.2) is 0 Å². The Morgan fingerprint density at radius 3 is 1.50 bits per heavy atom. The summed E-state index contributed by atoms with van der Waals surface area (Å²) in [6, 6.07) is 4.48. The highest BCUT2D eigenvalue weighted by atomic mass is 79.9. The fraction of sp³-hybridized carbons (Fsp3) is 0.273. The van der Waals surface area contributed by atoms with Crippen LogP contribution in [0, 0.1) is 0 Å². The van der Waals surface area contributed by atoms with Crippen molar-refractivity contribution in [1.82, 2.24) is 0 Å². The van der Waals surface area contributed by atoms with Crippen molar-refractivity contribution in [2.45, 2.75) is 19.2 Å². The van der Waals surface area contributed by atoms with E-state index in [2.05, 4.69) is 15.9 Å². The maximum Gasteiger partial charge on any atom is 0.300 e. The number of benzene rings is 1. The molecule has 0 fully saturated rings. The second-order valence-electron chi connectivity index (χ2n) is 3.03. The van der Waals surface area contributed by atoms with Crippen LogP contribution in [-0.2, 0) is 14.9 Å². The van der Waals surface area contributed by atoms with Gasteiger partial charge in [0, 0.05) is 25.2 Å². The van der Waals surface area contributed by atoms with E-state index >= 15 is 0 Å². The molecule has 0 aliphatic carbocycles. The Kier molecular flexibility index (Phi) is 10.7. The van der Waals surface area contributed by atoms with Crippen molar-refractivity contribution in [1.29, 1.82) is 0 Å². The summed E-state index contributed by atoms with van der Waals surface area (Å²) in [5.74, 6) is -1.48. The van der Waals surface area contributed by atoms with E-state index in [9.17, 15) is 0 Å². The molecule has 102 valence electrons. The number of carboxylic acids is 2. The molecule has 4 N–H and O–H groups in total. The highest BCUT2D eigenvalue weighted by Gasteiger charge is 1.95. The Morgan fingerprint density at radius 1 is 1.00 bits per heavy atom. The van der Waals surface area contributed by atoms with Crippen LogP contribution in [0.15, 0.2) is 18.2 Å². The van der Waals surface area contributed by atoms with Crippen LogP contribution in [0.4, 0.5) is 0 Å². The van der Waals surface area contributed by atoms with Gasteiger partial charge in [0.1, 0.15) is 11.5 Å². The Bertz CT molecular complexity index is 351. The molecule has 0 spiro atoms. The highest BCUT2D eigenvalue weighted by molar-refractivity contribution is 9.08. The van der Waals surface area contributed by atoms with Crippen molar-refractivity contribution in [3.05, 3.63) is 23.8 Å². The largest absolute Gasteiger partial charge is 0.508 e. The number of aromatic hydroxyl groups is 2. The molecule has 1 aromatic rings. The molecule has 0 saturated carbocycles. The SMILES string of the molecule is CC(=O)O.CC(=O)O.Oc1cc(O)cc(CBr)c1. The number of rotatable bonds is 1. The van der Waals surface area contributed by atoms with Crippen LogP contribution in [0.2, 0.25) is 0 Å². The predicted molar refractivity (Wildman–Crippen MR) is 69.0 cm³/mol. The Labute approximate surface area is 113 Å². The van der Waals surface area contributed by atoms with E-state index in [0.29, 0.717) is 5.33 Å². The molecule has 0 saturated heterocycles. The first kappa shape index (κ1) is 18.6. The number of phenolic OH excluding ortho intramolecular Hbond substituents is 2. The predicted octanol–water partition coefficient (Wildman–Crippen LogP) is 2.17. The first-order chi connectivity index (χ1) is 8.18. The van der Waals surface area contributed by atoms with Crippen LogP contribution >= 0.6 is 15.9 Å². The van der Waals surface area contributed by atoms with Crippen LogP contribution in [0.5, 0.6) is 11.5 Å². The topological polar surface area (TPSA) is 115 Å². The standard InChI is InChI=1S/C7H7BrO2.2C2H4O2/c8-4-5-1-6(9)3-7(10)2-5;2*1-2(3)4/h1-3,9-10H,4H2;2*1H3,(H,3,4). The summed E-state index contributed by atoms with van der Waals surface area (Å²) < 4.78 is 0. The Morgan fingerprint density at radius 2 is 1.28 bits per heavy atom. The van der Waals surface area contributed by atoms with Gasteiger partial charge < -0.3 is 20.4 Å². The molecule has 0 amide bonds. The highest BCUT2D eigenvalue weighted by Crippen LogP contribution is 2.21. The summed E-state index contributed by atoms with van der Waals surface area (Å²) in [5, 5.41) is 33.4. The minimum atomic E-state index is -0.833. The average Bonchev–Trinajstić information content (AvgIpc) is 2.14. The zero-order valence-electron chi connectivity index (χ0n) is 9.92. The summed E-state index contributed by atoms with van der Waals surface area (Å²) in [6.07, 6.45) is 0. The van der Waals surface area contributed by atoms with Crippen molar-refractivity contribution >= 4 is 27.9 Å². The molecule has 0 radical (unpaired) electrons. The van der Waals surface area contributed by atoms with E-state index in [0.717, 1.165) is 19.4 Å². The van der Waals surface area contributed by atoms with Crippen LogP contribution in [-0.4, -0.2) is 32.4 Å². The maximum atomic E-state index is 9.00. The quantitative estimate of drug-likeness (QED) is 0.589. The summed E-state index contributed by atoms with van der Waals surface area (Å²) in [4.78, 5) is 18.0. The second kappa shape index (κ2) is 10.4. The molecule has 0 atom stereocenters. The Balaban J connectivity index is 0. The van der Waals surface area contributed by atoms with Crippen molar-refractivity contribution in [2.24, 2.45) is 0 Å². The third-order valence-corrected chi connectivity index (χ3v) is 1.76. The summed E-state index contributed by atoms with van der Waals surface area (Å²) >= 11 is 3.20. The fourth-order valence-corrected chi connectivity index (χ4v) is 1.06. The molecule has 7 heteroatoms. The van der Waals surface area contributed by atoms with E-state index in [1.54, 1.807) is 12.1 Å². The average molecular weight is 323 g/mol. The molecule has 1 aromatic carbocycles. The first-order valence-corrected chi connectivity index (χ1v) is 5.78. The van der Waals surface area contributed by atoms with Gasteiger partial charge in [-0.2, -0.15) is 0 Å². The lowest BCUT2D eigenvalue weighted by Crippen LogP contribution is -1.78. The number of alkyl halides is 1. The molecule has 0 aliphatic rings. The molecular weight excluding hydrogens is 308 g/mol. The van der Waals surface area contributed by atoms with Crippen LogP contribution in [0.25, 0.3) is 0 Å². The van der Waals surface area contributed by atoms with Gasteiger partial charge in [0.05, 0.1) is 0 Å². The lowest BCUT2D eigenvalue weighted by Gasteiger charge is -1.97. The van der Waals surface area contributed by atoms with Gasteiger partial charge in [0.15, 0.2) is 0 Å². The minimum Gasteiger partial charge on any atom is -0.508 e. The third-order valence-electron chi connectivity index (χ3n) is 1.12. The minimum absolute atomic E-state index is 0.0921. The van der Waals surface area contributed by atoms with Gasteiger partial charge in [-0.05, 0) is 17.7 Å². The van der Waals surface area contributed by atoms with Crippen molar-refractivity contribution in [2.75, 3.05) is 0 Å². The molecule has 0 unspecified atom stereocenters. The normalized spacial score (nSPS) is 8.17. The van der Waals surface area contributed by atoms with Crippen LogP contribution < -0.4 is 0 Å². The zero-order valence-corrected chi connectivity index (χ0v) is 11.5. The van der Waals surface area contributed by atoms with Gasteiger partial charge in [-0.3, -0.25) is 9.59 Å². The molecule has 1 rings (SSSR count). The van der Waals surface area contributed by atoms with Gasteiger partial charge in [0.25, 0.3) is 11.9 Å². The van der Waals surface area contributed by atoms with Crippen molar-refractivity contribution in [3.8, 4) is 11.5 Å². The molecule has 0 aliphatic heterocycles. The number of halogens is 1. The summed E-state index contributed by atoms with van der Waals surface area (Å²) in [5.41, 5.74) is 0.859. The lowest BCUT2D eigenvalue weighted by atomic mass is 10.2. The van der Waals surface area contributed by atoms with Gasteiger partial charge in [-0.1, -0.05) is 15.9 Å². The van der Waals surface area contributed by atoms with Crippen molar-refractivity contribution < 1.29 is 30.0 Å². The smallest absolute Gasteiger partial charge is 0.300 e. The number of carboxylic acid groups (broad SMARTS) is 2. The summed E-state index contributed by atoms with van der Waals surface area (Å²) in [6.45, 7) is 2.17. The molecule has 0 aromatic heterocycles. The number of hydrogen-bond acceptors (Lipinski definition) is 4. The molecular formula is C11H15BrO6. The van der Waals surface area contributed by atoms with E-state index in [1.165, 1.54) is 6.07 Å². The monoisotopic (exact) mass is 322 g/mol. The van der Waals surface area contributed by atoms with Gasteiger partial charge in [-0.15, -0.1) is 0 Å². The maximum absolute atomic E-state index is 9.00. The van der Waals surface area contributed by atoms with Crippen molar-refractivity contribution in [3.63, 3.8) is 0 Å². The first-order valence-electron chi connectivity index (χ1n) is 4.66. The van der Waals surface area contributed by atoms with E-state index in [1.807, 2.05) is 0 Å². The second-order valence-corrected chi connectivity index (χ2v) is 3.59. The van der Waals surface area contributed by atoms with Gasteiger partial charge in [0.2, 0.25) is 0 Å². The fourth-order valence-electron chi connectivity index (χ4n) is 0.734. The van der Waals surface area contributed by atoms with E-state index < -0.39 is 11.9 Å². The van der Waals surface area contributed by atoms with E-state index in [-0.39, 0.29) is 11.5 Å². The third kappa shape index (κ3) is 16.7. The zero-order chi connectivity index (χ0) is 14.7. The number of hydrogen-bond donors (Lipinski definition) is 4.